The lowest BCUT2D eigenvalue weighted by atomic mass is 9.97. The second kappa shape index (κ2) is 10.4. The summed E-state index contributed by atoms with van der Waals surface area (Å²) < 4.78 is 1.75. The fraction of sp³-hybridized carbons (Fsp3) is 0.276. The monoisotopic (exact) mass is 523 g/mol. The molecule has 192 valence electrons. The van der Waals surface area contributed by atoms with E-state index in [0.717, 1.165) is 60.1 Å². The third kappa shape index (κ3) is 5.07. The number of nitrogens with zero attached hydrogens (tertiary/aromatic N) is 6. The number of aromatic nitrogens is 5. The number of aryl methyl sites for hydroxylation is 2. The number of carbonyl (C=O) groups excluding carboxylic acids is 1. The molecule has 0 saturated carbocycles. The highest BCUT2D eigenvalue weighted by Crippen LogP contribution is 2.31. The van der Waals surface area contributed by atoms with Crippen LogP contribution in [0.25, 0.3) is 16.7 Å². The first-order valence-electron chi connectivity index (χ1n) is 12.9. The van der Waals surface area contributed by atoms with Crippen LogP contribution in [-0.4, -0.2) is 48.6 Å². The number of piperidine rings is 1. The molecular formula is C29H29N7OS. The van der Waals surface area contributed by atoms with Crippen molar-refractivity contribution in [3.05, 3.63) is 94.0 Å². The van der Waals surface area contributed by atoms with Gasteiger partial charge in [-0.25, -0.2) is 14.6 Å². The predicted octanol–water partition coefficient (Wildman–Crippen LogP) is 5.52. The molecule has 1 fully saturated rings. The topological polar surface area (TPSA) is 88.8 Å². The summed E-state index contributed by atoms with van der Waals surface area (Å²) in [4.78, 5) is 29.6. The fourth-order valence-electron chi connectivity index (χ4n) is 5.04. The van der Waals surface area contributed by atoms with Crippen LogP contribution in [0, 0.1) is 13.8 Å². The quantitative estimate of drug-likeness (QED) is 0.315. The van der Waals surface area contributed by atoms with E-state index in [9.17, 15) is 4.79 Å². The zero-order chi connectivity index (χ0) is 26.1. The summed E-state index contributed by atoms with van der Waals surface area (Å²) in [5, 5.41) is 11.6. The van der Waals surface area contributed by atoms with Crippen molar-refractivity contribution < 1.29 is 4.79 Å². The number of carbonyl (C=O) groups is 1. The van der Waals surface area contributed by atoms with Crippen LogP contribution in [0.3, 0.4) is 0 Å². The second-order valence-electron chi connectivity index (χ2n) is 9.78. The van der Waals surface area contributed by atoms with Gasteiger partial charge in [-0.15, -0.1) is 11.3 Å². The van der Waals surface area contributed by atoms with Gasteiger partial charge in [-0.3, -0.25) is 14.7 Å². The summed E-state index contributed by atoms with van der Waals surface area (Å²) in [6, 6.07) is 18.1. The summed E-state index contributed by atoms with van der Waals surface area (Å²) in [5.74, 6) is 0.726. The van der Waals surface area contributed by atoms with Crippen molar-refractivity contribution in [2.45, 2.75) is 39.2 Å². The molecule has 5 aromatic rings. The Morgan fingerprint density at radius 1 is 1.05 bits per heavy atom. The van der Waals surface area contributed by atoms with Gasteiger partial charge in [0.2, 0.25) is 0 Å². The molecule has 0 unspecified atom stereocenters. The largest absolute Gasteiger partial charge is 0.317 e. The van der Waals surface area contributed by atoms with E-state index in [0.29, 0.717) is 23.1 Å². The molecule has 4 aromatic heterocycles. The van der Waals surface area contributed by atoms with Crippen LogP contribution in [0.1, 0.15) is 51.3 Å². The molecule has 6 rings (SSSR count). The van der Waals surface area contributed by atoms with Crippen molar-refractivity contribution in [3.8, 4) is 5.82 Å². The average molecular weight is 524 g/mol. The van der Waals surface area contributed by atoms with Crippen LogP contribution in [0.5, 0.6) is 0 Å². The zero-order valence-electron chi connectivity index (χ0n) is 21.5. The lowest BCUT2D eigenvalue weighted by Gasteiger charge is -2.30. The number of benzene rings is 1. The Morgan fingerprint density at radius 2 is 1.89 bits per heavy atom. The summed E-state index contributed by atoms with van der Waals surface area (Å²) in [6.07, 6.45) is 3.74. The minimum atomic E-state index is -0.233. The number of likely N-dealkylation sites (tertiary alicyclic amines) is 1. The molecule has 9 heteroatoms. The van der Waals surface area contributed by atoms with Gasteiger partial charge in [-0.2, -0.15) is 5.10 Å². The van der Waals surface area contributed by atoms with Crippen molar-refractivity contribution in [2.24, 2.45) is 0 Å². The van der Waals surface area contributed by atoms with Gasteiger partial charge in [0.25, 0.3) is 5.91 Å². The molecule has 0 radical (unpaired) electrons. The second-order valence-corrected chi connectivity index (χ2v) is 10.7. The summed E-state index contributed by atoms with van der Waals surface area (Å²) in [7, 11) is 0. The minimum absolute atomic E-state index is 0.233. The summed E-state index contributed by atoms with van der Waals surface area (Å²) in [5.41, 5.74) is 5.04. The van der Waals surface area contributed by atoms with E-state index in [4.69, 9.17) is 9.97 Å². The molecule has 1 saturated heterocycles. The number of pyridine rings is 2. The molecular weight excluding hydrogens is 494 g/mol. The maximum atomic E-state index is 13.1. The van der Waals surface area contributed by atoms with Crippen LogP contribution in [0.2, 0.25) is 0 Å². The maximum Gasteiger partial charge on any atom is 0.275 e. The minimum Gasteiger partial charge on any atom is -0.317 e. The van der Waals surface area contributed by atoms with Gasteiger partial charge >= 0.3 is 0 Å². The van der Waals surface area contributed by atoms with E-state index in [1.165, 1.54) is 5.39 Å². The van der Waals surface area contributed by atoms with Gasteiger partial charge in [0.1, 0.15) is 5.69 Å². The van der Waals surface area contributed by atoms with Gasteiger partial charge in [0, 0.05) is 35.1 Å². The van der Waals surface area contributed by atoms with Gasteiger partial charge < -0.3 is 5.32 Å². The zero-order valence-corrected chi connectivity index (χ0v) is 22.3. The molecule has 0 aliphatic carbocycles. The molecule has 1 aliphatic heterocycles. The molecule has 0 spiro atoms. The molecule has 1 amide bonds. The van der Waals surface area contributed by atoms with Gasteiger partial charge in [-0.1, -0.05) is 24.3 Å². The van der Waals surface area contributed by atoms with Crippen molar-refractivity contribution in [3.63, 3.8) is 0 Å². The number of fused-ring (bicyclic) bond motifs is 1. The number of hydrogen-bond acceptors (Lipinski definition) is 7. The first-order valence-corrected chi connectivity index (χ1v) is 13.7. The smallest absolute Gasteiger partial charge is 0.275 e. The van der Waals surface area contributed by atoms with Crippen molar-refractivity contribution in [2.75, 3.05) is 18.4 Å². The van der Waals surface area contributed by atoms with Gasteiger partial charge in [0.05, 0.1) is 27.6 Å². The third-order valence-corrected chi connectivity index (χ3v) is 7.99. The molecule has 0 atom stereocenters. The van der Waals surface area contributed by atoms with Crippen molar-refractivity contribution in [1.82, 2.24) is 29.6 Å². The van der Waals surface area contributed by atoms with E-state index >= 15 is 0 Å². The highest BCUT2D eigenvalue weighted by atomic mass is 32.1. The lowest BCUT2D eigenvalue weighted by molar-refractivity contribution is 0.102. The number of nitrogens with one attached hydrogen (secondary N) is 1. The summed E-state index contributed by atoms with van der Waals surface area (Å²) in [6.45, 7) is 6.73. The van der Waals surface area contributed by atoms with Crippen LogP contribution in [0.15, 0.2) is 66.2 Å². The van der Waals surface area contributed by atoms with E-state index in [-0.39, 0.29) is 5.91 Å². The predicted molar refractivity (Wildman–Crippen MR) is 150 cm³/mol. The fourth-order valence-corrected chi connectivity index (χ4v) is 6.01. The molecule has 8 nitrogen and oxygen atoms in total. The number of anilines is 1. The Balaban J connectivity index is 1.08. The Hall–Kier alpha value is -3.95. The van der Waals surface area contributed by atoms with Crippen LogP contribution in [0.4, 0.5) is 5.69 Å². The van der Waals surface area contributed by atoms with E-state index in [1.807, 2.05) is 43.5 Å². The lowest BCUT2D eigenvalue weighted by Crippen LogP contribution is -2.32. The number of amides is 1. The maximum absolute atomic E-state index is 13.1. The van der Waals surface area contributed by atoms with Crippen molar-refractivity contribution in [1.29, 1.82) is 0 Å². The number of thiazole rings is 1. The SMILES string of the molecule is Cc1cc(C)n(-c2ncccc2NC(=O)c2csc(C3CCN(Cc4ccc5ccccc5n4)CC3)n2)n1. The highest BCUT2D eigenvalue weighted by Gasteiger charge is 2.25. The van der Waals surface area contributed by atoms with Crippen LogP contribution in [-0.2, 0) is 6.54 Å². The Bertz CT molecular complexity index is 1600. The first kappa shape index (κ1) is 24.4. The van der Waals surface area contributed by atoms with Gasteiger partial charge in [-0.05, 0) is 70.1 Å². The summed E-state index contributed by atoms with van der Waals surface area (Å²) >= 11 is 1.57. The van der Waals surface area contributed by atoms with E-state index in [2.05, 4.69) is 44.6 Å². The number of para-hydroxylation sites is 1. The highest BCUT2D eigenvalue weighted by molar-refractivity contribution is 7.10. The normalized spacial score (nSPS) is 14.7. The standard InChI is InChI=1S/C29H29N7OS/c1-19-16-20(2)36(34-19)27-25(8-5-13-30-27)32-28(37)26-18-38-29(33-26)22-11-14-35(15-12-22)17-23-10-9-21-6-3-4-7-24(21)31-23/h3-10,13,16,18,22H,11-12,14-15,17H2,1-2H3,(H,32,37). The third-order valence-electron chi connectivity index (χ3n) is 6.98. The Labute approximate surface area is 225 Å². The first-order chi connectivity index (χ1) is 18.5. The van der Waals surface area contributed by atoms with Crippen molar-refractivity contribution >= 4 is 33.8 Å². The molecule has 1 aromatic carbocycles. The van der Waals surface area contributed by atoms with Crippen LogP contribution < -0.4 is 5.32 Å². The molecule has 0 bridgehead atoms. The molecule has 38 heavy (non-hydrogen) atoms. The Kier molecular flexibility index (Phi) is 6.70. The number of hydrogen-bond donors (Lipinski definition) is 1. The molecule has 1 aliphatic rings. The van der Waals surface area contributed by atoms with E-state index in [1.54, 1.807) is 28.3 Å². The molecule has 5 heterocycles. The van der Waals surface area contributed by atoms with Gasteiger partial charge in [0.15, 0.2) is 5.82 Å². The Morgan fingerprint density at radius 3 is 2.71 bits per heavy atom. The average Bonchev–Trinajstić information content (AvgIpc) is 3.56. The van der Waals surface area contributed by atoms with E-state index < -0.39 is 0 Å². The molecule has 1 N–H and O–H groups in total. The van der Waals surface area contributed by atoms with Crippen LogP contribution >= 0.6 is 11.3 Å². The number of rotatable bonds is 6.